The van der Waals surface area contributed by atoms with Gasteiger partial charge < -0.3 is 14.4 Å². The number of benzene rings is 2. The molecule has 0 N–H and O–H groups in total. The quantitative estimate of drug-likeness (QED) is 0.770. The van der Waals surface area contributed by atoms with Gasteiger partial charge in [0.1, 0.15) is 13.2 Å². The Labute approximate surface area is 158 Å². The van der Waals surface area contributed by atoms with Crippen LogP contribution in [0.1, 0.15) is 25.0 Å². The van der Waals surface area contributed by atoms with E-state index in [2.05, 4.69) is 38.1 Å². The molecule has 2 aliphatic heterocycles. The molecule has 2 aliphatic rings. The van der Waals surface area contributed by atoms with E-state index in [1.165, 1.54) is 11.1 Å². The van der Waals surface area contributed by atoms with Crippen LogP contribution < -0.4 is 9.47 Å². The van der Waals surface area contributed by atoms with Crippen LogP contribution in [0.2, 0.25) is 0 Å². The molecule has 0 fully saturated rings. The van der Waals surface area contributed by atoms with Crippen LogP contribution in [-0.4, -0.2) is 36.3 Å². The lowest BCUT2D eigenvalue weighted by atomic mass is 9.83. The molecular formula is C21H23NO3S. The summed E-state index contributed by atoms with van der Waals surface area (Å²) >= 11 is 1.55. The first-order valence-corrected chi connectivity index (χ1v) is 9.95. The Kier molecular flexibility index (Phi) is 4.57. The molecule has 0 bridgehead atoms. The van der Waals surface area contributed by atoms with Gasteiger partial charge in [0.15, 0.2) is 11.5 Å². The maximum atomic E-state index is 12.9. The van der Waals surface area contributed by atoms with Crippen molar-refractivity contribution in [3.63, 3.8) is 0 Å². The van der Waals surface area contributed by atoms with Crippen LogP contribution in [-0.2, 0) is 16.8 Å². The lowest BCUT2D eigenvalue weighted by Crippen LogP contribution is -2.50. The van der Waals surface area contributed by atoms with Crippen molar-refractivity contribution in [2.45, 2.75) is 30.7 Å². The predicted molar refractivity (Wildman–Crippen MR) is 103 cm³/mol. The van der Waals surface area contributed by atoms with Crippen LogP contribution in [0.25, 0.3) is 0 Å². The molecule has 26 heavy (non-hydrogen) atoms. The number of carbonyl (C=O) groups is 1. The van der Waals surface area contributed by atoms with Crippen molar-refractivity contribution >= 4 is 17.7 Å². The molecule has 2 aromatic rings. The summed E-state index contributed by atoms with van der Waals surface area (Å²) in [5.74, 6) is 2.14. The Morgan fingerprint density at radius 1 is 1.12 bits per heavy atom. The molecular weight excluding hydrogens is 346 g/mol. The van der Waals surface area contributed by atoms with Crippen molar-refractivity contribution in [2.75, 3.05) is 25.5 Å². The van der Waals surface area contributed by atoms with Crippen LogP contribution in [0.15, 0.2) is 47.4 Å². The Morgan fingerprint density at radius 2 is 1.88 bits per heavy atom. The van der Waals surface area contributed by atoms with Crippen LogP contribution in [0.5, 0.6) is 11.5 Å². The number of carbonyl (C=O) groups excluding carboxylic acids is 1. The number of amides is 1. The summed E-state index contributed by atoms with van der Waals surface area (Å²) < 4.78 is 11.2. The Bertz CT molecular complexity index is 834. The highest BCUT2D eigenvalue weighted by Gasteiger charge is 2.36. The van der Waals surface area contributed by atoms with Crippen LogP contribution in [0.3, 0.4) is 0 Å². The smallest absolute Gasteiger partial charge is 0.233 e. The molecule has 5 heteroatoms. The molecule has 2 aromatic carbocycles. The highest BCUT2D eigenvalue weighted by Crippen LogP contribution is 2.37. The topological polar surface area (TPSA) is 38.8 Å². The lowest BCUT2D eigenvalue weighted by Gasteiger charge is -2.44. The minimum Gasteiger partial charge on any atom is -0.486 e. The van der Waals surface area contributed by atoms with Crippen LogP contribution >= 0.6 is 11.8 Å². The zero-order valence-corrected chi connectivity index (χ0v) is 16.0. The highest BCUT2D eigenvalue weighted by atomic mass is 32.2. The summed E-state index contributed by atoms with van der Waals surface area (Å²) in [6, 6.07) is 14.3. The Hall–Kier alpha value is -2.14. The molecule has 4 nitrogen and oxygen atoms in total. The van der Waals surface area contributed by atoms with Gasteiger partial charge in [-0.25, -0.2) is 0 Å². The molecule has 1 amide bonds. The highest BCUT2D eigenvalue weighted by molar-refractivity contribution is 8.00. The maximum absolute atomic E-state index is 12.9. The second-order valence-corrected chi connectivity index (χ2v) is 8.15. The number of rotatable bonds is 3. The standard InChI is InChI=1S/C21H23NO3S/c1-21(2)17-6-4-3-5-15(17)9-10-22(21)20(23)14-26-16-7-8-18-19(13-16)25-12-11-24-18/h3-8,13H,9-12,14H2,1-2H3. The second kappa shape index (κ2) is 6.88. The number of thioether (sulfide) groups is 1. The number of fused-ring (bicyclic) bond motifs is 2. The average molecular weight is 369 g/mol. The fourth-order valence-electron chi connectivity index (χ4n) is 3.77. The van der Waals surface area contributed by atoms with Crippen molar-refractivity contribution in [1.29, 1.82) is 0 Å². The van der Waals surface area contributed by atoms with E-state index in [9.17, 15) is 4.79 Å². The van der Waals surface area contributed by atoms with Crippen molar-refractivity contribution in [3.05, 3.63) is 53.6 Å². The van der Waals surface area contributed by atoms with Gasteiger partial charge in [0.2, 0.25) is 5.91 Å². The van der Waals surface area contributed by atoms with E-state index in [0.717, 1.165) is 29.4 Å². The summed E-state index contributed by atoms with van der Waals surface area (Å²) in [5, 5.41) is 0. The van der Waals surface area contributed by atoms with E-state index < -0.39 is 0 Å². The second-order valence-electron chi connectivity index (χ2n) is 7.11. The van der Waals surface area contributed by atoms with Gasteiger partial charge in [0, 0.05) is 11.4 Å². The molecule has 0 saturated heterocycles. The summed E-state index contributed by atoms with van der Waals surface area (Å²) in [4.78, 5) is 16.0. The molecule has 0 unspecified atom stereocenters. The largest absolute Gasteiger partial charge is 0.486 e. The minimum absolute atomic E-state index is 0.171. The van der Waals surface area contributed by atoms with Crippen LogP contribution in [0.4, 0.5) is 0 Å². The van der Waals surface area contributed by atoms with E-state index in [4.69, 9.17) is 9.47 Å². The summed E-state index contributed by atoms with van der Waals surface area (Å²) in [6.45, 7) is 6.20. The van der Waals surface area contributed by atoms with Gasteiger partial charge in [0.05, 0.1) is 11.3 Å². The fourth-order valence-corrected chi connectivity index (χ4v) is 4.57. The van der Waals surface area contributed by atoms with E-state index in [1.807, 2.05) is 23.1 Å². The number of hydrogen-bond acceptors (Lipinski definition) is 4. The molecule has 2 heterocycles. The number of nitrogens with zero attached hydrogens (tertiary/aromatic N) is 1. The third-order valence-electron chi connectivity index (χ3n) is 5.13. The van der Waals surface area contributed by atoms with Gasteiger partial charge in [-0.2, -0.15) is 0 Å². The van der Waals surface area contributed by atoms with E-state index in [0.29, 0.717) is 19.0 Å². The van der Waals surface area contributed by atoms with Crippen LogP contribution in [0, 0.1) is 0 Å². The SMILES string of the molecule is CC1(C)c2ccccc2CCN1C(=O)CSc1ccc2c(c1)OCCO2. The van der Waals surface area contributed by atoms with E-state index in [1.54, 1.807) is 11.8 Å². The van der Waals surface area contributed by atoms with E-state index >= 15 is 0 Å². The van der Waals surface area contributed by atoms with Crippen molar-refractivity contribution < 1.29 is 14.3 Å². The first-order valence-electron chi connectivity index (χ1n) is 8.97. The average Bonchev–Trinajstić information content (AvgIpc) is 2.66. The minimum atomic E-state index is -0.278. The molecule has 0 saturated carbocycles. The Balaban J connectivity index is 1.45. The zero-order valence-electron chi connectivity index (χ0n) is 15.2. The van der Waals surface area contributed by atoms with Gasteiger partial charge in [-0.1, -0.05) is 24.3 Å². The van der Waals surface area contributed by atoms with Crippen molar-refractivity contribution in [2.24, 2.45) is 0 Å². The normalized spacial score (nSPS) is 17.5. The maximum Gasteiger partial charge on any atom is 0.233 e. The number of hydrogen-bond donors (Lipinski definition) is 0. The van der Waals surface area contributed by atoms with E-state index in [-0.39, 0.29) is 11.4 Å². The Morgan fingerprint density at radius 3 is 2.73 bits per heavy atom. The van der Waals surface area contributed by atoms with Gasteiger partial charge in [-0.05, 0) is 49.6 Å². The van der Waals surface area contributed by atoms with Crippen molar-refractivity contribution in [3.8, 4) is 11.5 Å². The molecule has 0 radical (unpaired) electrons. The first kappa shape index (κ1) is 17.3. The molecule has 0 aliphatic carbocycles. The fraction of sp³-hybridized carbons (Fsp3) is 0.381. The monoisotopic (exact) mass is 369 g/mol. The van der Waals surface area contributed by atoms with Crippen molar-refractivity contribution in [1.82, 2.24) is 4.90 Å². The van der Waals surface area contributed by atoms with Gasteiger partial charge in [0.25, 0.3) is 0 Å². The lowest BCUT2D eigenvalue weighted by molar-refractivity contribution is -0.134. The molecule has 136 valence electrons. The molecule has 0 spiro atoms. The third kappa shape index (κ3) is 3.16. The summed E-state index contributed by atoms with van der Waals surface area (Å²) in [5.41, 5.74) is 2.32. The molecule has 4 rings (SSSR count). The molecule has 0 aromatic heterocycles. The predicted octanol–water partition coefficient (Wildman–Crippen LogP) is 3.87. The summed E-state index contributed by atoms with van der Waals surface area (Å²) in [6.07, 6.45) is 0.917. The summed E-state index contributed by atoms with van der Waals surface area (Å²) in [7, 11) is 0. The first-order chi connectivity index (χ1) is 12.6. The number of ether oxygens (including phenoxy) is 2. The molecule has 0 atom stereocenters. The zero-order chi connectivity index (χ0) is 18.1. The van der Waals surface area contributed by atoms with Gasteiger partial charge in [-0.15, -0.1) is 11.8 Å². The van der Waals surface area contributed by atoms with Gasteiger partial charge >= 0.3 is 0 Å². The van der Waals surface area contributed by atoms with Gasteiger partial charge in [-0.3, -0.25) is 4.79 Å². The third-order valence-corrected chi connectivity index (χ3v) is 6.11.